The van der Waals surface area contributed by atoms with Crippen molar-refractivity contribution in [3.8, 4) is 0 Å². The van der Waals surface area contributed by atoms with Crippen molar-refractivity contribution in [2.45, 2.75) is 38.6 Å². The lowest BCUT2D eigenvalue weighted by Gasteiger charge is -2.24. The van der Waals surface area contributed by atoms with E-state index in [2.05, 4.69) is 25.2 Å². The molecule has 3 heterocycles. The molecule has 204 valence electrons. The number of carbonyl (C=O) groups is 2. The van der Waals surface area contributed by atoms with Gasteiger partial charge in [-0.25, -0.2) is 8.42 Å². The van der Waals surface area contributed by atoms with Crippen molar-refractivity contribution in [1.82, 2.24) is 24.8 Å². The molecule has 2 aromatic rings. The van der Waals surface area contributed by atoms with Crippen molar-refractivity contribution < 1.29 is 28.2 Å². The molecule has 0 saturated carbocycles. The minimum Gasteiger partial charge on any atom is -0.481 e. The Morgan fingerprint density at radius 2 is 1.76 bits per heavy atom. The van der Waals surface area contributed by atoms with Crippen LogP contribution < -0.4 is 11.1 Å². The number of carboxylic acid groups (broad SMARTS) is 2. The number of nitrogens with zero attached hydrogens (tertiary/aromatic N) is 5. The number of aliphatic carboxylic acids is 2. The third-order valence-corrected chi connectivity index (χ3v) is 7.97. The highest BCUT2D eigenvalue weighted by Gasteiger charge is 2.52. The van der Waals surface area contributed by atoms with E-state index in [1.165, 1.54) is 0 Å². The van der Waals surface area contributed by atoms with Gasteiger partial charge in [-0.2, -0.15) is 15.0 Å². The van der Waals surface area contributed by atoms with Gasteiger partial charge in [-0.3, -0.25) is 14.5 Å². The Kier molecular flexibility index (Phi) is 10.3. The summed E-state index contributed by atoms with van der Waals surface area (Å²) in [5.41, 5.74) is 7.89. The fraction of sp³-hybridized carbons (Fsp3) is 0.522. The standard InChI is InChI=1S/C19H27N7O2S.2C2H4O2/c1-12-5-4-6-13(7-12)21-19-23-17(22-18(20)24-19)10-26-8-14-15(25(2)3)11-29(27,28)16(14)9-26;2*1-2(3)4/h4-7,14-16H,8-11H2,1-3H3,(H3,20,21,22,23,24);2*1H3,(H,3,4)/t14-,15+,16-;;/m0../s1. The molecule has 37 heavy (non-hydrogen) atoms. The maximum absolute atomic E-state index is 12.6. The van der Waals surface area contributed by atoms with Gasteiger partial charge >= 0.3 is 0 Å². The normalized spacial score (nSPS) is 21.7. The molecule has 3 atom stereocenters. The van der Waals surface area contributed by atoms with E-state index < -0.39 is 21.8 Å². The molecule has 13 nitrogen and oxygen atoms in total. The zero-order valence-electron chi connectivity index (χ0n) is 21.6. The molecule has 0 amide bonds. The predicted octanol–water partition coefficient (Wildman–Crippen LogP) is 0.847. The summed E-state index contributed by atoms with van der Waals surface area (Å²) in [4.78, 5) is 35.0. The molecule has 2 fully saturated rings. The summed E-state index contributed by atoms with van der Waals surface area (Å²) < 4.78 is 25.1. The van der Waals surface area contributed by atoms with Crippen molar-refractivity contribution in [3.63, 3.8) is 0 Å². The summed E-state index contributed by atoms with van der Waals surface area (Å²) in [6.45, 7) is 5.83. The van der Waals surface area contributed by atoms with E-state index in [-0.39, 0.29) is 28.9 Å². The van der Waals surface area contributed by atoms with Crippen LogP contribution in [-0.2, 0) is 26.0 Å². The van der Waals surface area contributed by atoms with E-state index in [1.807, 2.05) is 50.2 Å². The highest BCUT2D eigenvalue weighted by molar-refractivity contribution is 7.92. The van der Waals surface area contributed by atoms with Crippen LogP contribution >= 0.6 is 0 Å². The second kappa shape index (κ2) is 12.7. The Balaban J connectivity index is 0.000000530. The van der Waals surface area contributed by atoms with E-state index in [1.54, 1.807) is 0 Å². The van der Waals surface area contributed by atoms with E-state index in [9.17, 15) is 8.42 Å². The molecule has 0 aliphatic carbocycles. The maximum Gasteiger partial charge on any atom is 0.300 e. The van der Waals surface area contributed by atoms with Crippen LogP contribution in [0, 0.1) is 12.8 Å². The number of carboxylic acids is 2. The quantitative estimate of drug-likeness (QED) is 0.420. The van der Waals surface area contributed by atoms with Gasteiger partial charge in [0.2, 0.25) is 11.9 Å². The molecule has 1 aromatic heterocycles. The van der Waals surface area contributed by atoms with Gasteiger partial charge in [0.25, 0.3) is 11.9 Å². The lowest BCUT2D eigenvalue weighted by molar-refractivity contribution is -0.135. The summed E-state index contributed by atoms with van der Waals surface area (Å²) in [5.74, 6) is -0.253. The molecule has 5 N–H and O–H groups in total. The number of likely N-dealkylation sites (tertiary alicyclic amines) is 1. The third kappa shape index (κ3) is 9.22. The SMILES string of the molecule is CC(=O)O.CC(=O)O.Cc1cccc(Nc2nc(N)nc(CN3C[C@H]4[C@H](N(C)C)CS(=O)(=O)[C@H]4C3)n2)c1. The summed E-state index contributed by atoms with van der Waals surface area (Å²) in [6.07, 6.45) is 0. The van der Waals surface area contributed by atoms with Crippen molar-refractivity contribution in [1.29, 1.82) is 0 Å². The summed E-state index contributed by atoms with van der Waals surface area (Å²) in [6, 6.07) is 7.94. The third-order valence-electron chi connectivity index (χ3n) is 5.74. The van der Waals surface area contributed by atoms with Crippen LogP contribution in [-0.4, -0.2) is 99.6 Å². The van der Waals surface area contributed by atoms with Crippen LogP contribution in [0.2, 0.25) is 0 Å². The summed E-state index contributed by atoms with van der Waals surface area (Å²) in [7, 11) is 0.813. The fourth-order valence-corrected chi connectivity index (χ4v) is 6.90. The van der Waals surface area contributed by atoms with Gasteiger partial charge in [-0.15, -0.1) is 0 Å². The van der Waals surface area contributed by atoms with E-state index >= 15 is 0 Å². The van der Waals surface area contributed by atoms with Crippen LogP contribution in [0.25, 0.3) is 0 Å². The van der Waals surface area contributed by atoms with E-state index in [4.69, 9.17) is 25.5 Å². The van der Waals surface area contributed by atoms with Gasteiger partial charge in [0.15, 0.2) is 9.84 Å². The van der Waals surface area contributed by atoms with Gasteiger partial charge in [-0.1, -0.05) is 12.1 Å². The highest BCUT2D eigenvalue weighted by Crippen LogP contribution is 2.36. The average Bonchev–Trinajstić information content (AvgIpc) is 3.25. The fourth-order valence-electron chi connectivity index (χ4n) is 4.39. The zero-order chi connectivity index (χ0) is 27.9. The van der Waals surface area contributed by atoms with Gasteiger partial charge in [0.1, 0.15) is 5.82 Å². The Bertz CT molecular complexity index is 1190. The van der Waals surface area contributed by atoms with Crippen LogP contribution in [0.1, 0.15) is 25.2 Å². The van der Waals surface area contributed by atoms with E-state index in [0.29, 0.717) is 31.4 Å². The number of nitrogens with two attached hydrogens (primary N) is 1. The molecular formula is C23H35N7O6S. The summed E-state index contributed by atoms with van der Waals surface area (Å²) in [5, 5.41) is 17.7. The second-order valence-electron chi connectivity index (χ2n) is 9.22. The lowest BCUT2D eigenvalue weighted by Crippen LogP contribution is -2.37. The largest absolute Gasteiger partial charge is 0.481 e. The number of fused-ring (bicyclic) bond motifs is 1. The molecule has 4 rings (SSSR count). The van der Waals surface area contributed by atoms with Crippen LogP contribution in [0.4, 0.5) is 17.6 Å². The Morgan fingerprint density at radius 1 is 1.14 bits per heavy atom. The number of hydrogen-bond donors (Lipinski definition) is 4. The lowest BCUT2D eigenvalue weighted by atomic mass is 10.00. The monoisotopic (exact) mass is 537 g/mol. The molecule has 2 saturated heterocycles. The number of hydrogen-bond acceptors (Lipinski definition) is 11. The number of anilines is 3. The smallest absolute Gasteiger partial charge is 0.300 e. The number of nitrogen functional groups attached to an aromatic ring is 1. The van der Waals surface area contributed by atoms with Crippen molar-refractivity contribution in [2.75, 3.05) is 44.0 Å². The first-order valence-electron chi connectivity index (χ1n) is 11.5. The molecule has 2 aliphatic rings. The Morgan fingerprint density at radius 3 is 2.32 bits per heavy atom. The number of rotatable bonds is 5. The molecule has 2 aliphatic heterocycles. The molecule has 0 radical (unpaired) electrons. The number of nitrogens with one attached hydrogen (secondary N) is 1. The first-order chi connectivity index (χ1) is 17.2. The minimum atomic E-state index is -3.08. The topological polar surface area (TPSA) is 192 Å². The van der Waals surface area contributed by atoms with Gasteiger partial charge in [0.05, 0.1) is 17.5 Å². The average molecular weight is 538 g/mol. The van der Waals surface area contributed by atoms with E-state index in [0.717, 1.165) is 25.1 Å². The number of aromatic nitrogens is 3. The van der Waals surface area contributed by atoms with Crippen molar-refractivity contribution in [2.24, 2.45) is 5.92 Å². The molecule has 0 unspecified atom stereocenters. The summed E-state index contributed by atoms with van der Waals surface area (Å²) >= 11 is 0. The zero-order valence-corrected chi connectivity index (χ0v) is 22.4. The van der Waals surface area contributed by atoms with Gasteiger partial charge < -0.3 is 26.2 Å². The molecule has 0 spiro atoms. The van der Waals surface area contributed by atoms with Crippen LogP contribution in [0.3, 0.4) is 0 Å². The first-order valence-corrected chi connectivity index (χ1v) is 13.2. The molecule has 14 heteroatoms. The maximum atomic E-state index is 12.6. The van der Waals surface area contributed by atoms with Crippen molar-refractivity contribution >= 4 is 39.4 Å². The number of benzene rings is 1. The first kappa shape index (κ1) is 29.9. The Labute approximate surface area is 216 Å². The Hall–Kier alpha value is -3.36. The van der Waals surface area contributed by atoms with Crippen LogP contribution in [0.5, 0.6) is 0 Å². The predicted molar refractivity (Wildman–Crippen MR) is 139 cm³/mol. The van der Waals surface area contributed by atoms with Gasteiger partial charge in [-0.05, 0) is 38.7 Å². The van der Waals surface area contributed by atoms with Crippen LogP contribution in [0.15, 0.2) is 24.3 Å². The second-order valence-corrected chi connectivity index (χ2v) is 11.5. The van der Waals surface area contributed by atoms with Crippen molar-refractivity contribution in [3.05, 3.63) is 35.7 Å². The molecule has 0 bridgehead atoms. The molecule has 1 aromatic carbocycles. The number of aryl methyl sites for hydroxylation is 1. The highest BCUT2D eigenvalue weighted by atomic mass is 32.2. The number of sulfone groups is 1. The van der Waals surface area contributed by atoms with Gasteiger partial charge in [0, 0.05) is 44.6 Å². The molecular weight excluding hydrogens is 502 g/mol. The minimum absolute atomic E-state index is 0.0528.